The van der Waals surface area contributed by atoms with E-state index in [4.69, 9.17) is 5.21 Å². The Hall–Kier alpha value is -0.960. The van der Waals surface area contributed by atoms with Crippen LogP contribution in [-0.2, 0) is 6.42 Å². The van der Waals surface area contributed by atoms with Crippen molar-refractivity contribution in [3.8, 4) is 0 Å². The first kappa shape index (κ1) is 11.1. The maximum Gasteiger partial charge on any atom is 0.0543 e. The lowest BCUT2D eigenvalue weighted by Gasteiger charge is -2.01. The van der Waals surface area contributed by atoms with Crippen molar-refractivity contribution in [2.75, 3.05) is 6.26 Å². The first-order chi connectivity index (χ1) is 6.76. The van der Waals surface area contributed by atoms with Crippen molar-refractivity contribution in [1.29, 1.82) is 0 Å². The molecule has 14 heavy (non-hydrogen) atoms. The van der Waals surface area contributed by atoms with E-state index in [0.717, 1.165) is 18.6 Å². The highest BCUT2D eigenvalue weighted by molar-refractivity contribution is 7.98. The summed E-state index contributed by atoms with van der Waals surface area (Å²) in [6, 6.07) is 8.48. The van der Waals surface area contributed by atoms with Crippen molar-refractivity contribution in [3.05, 3.63) is 29.8 Å². The fourth-order valence-corrected chi connectivity index (χ4v) is 1.58. The van der Waals surface area contributed by atoms with E-state index in [-0.39, 0.29) is 0 Å². The van der Waals surface area contributed by atoms with Crippen molar-refractivity contribution < 1.29 is 5.21 Å². The van der Waals surface area contributed by atoms with Gasteiger partial charge in [0, 0.05) is 4.90 Å². The third-order valence-electron chi connectivity index (χ3n) is 2.11. The average molecular weight is 209 g/mol. The Morgan fingerprint density at radius 1 is 1.36 bits per heavy atom. The molecule has 3 heteroatoms. The zero-order chi connectivity index (χ0) is 10.4. The van der Waals surface area contributed by atoms with Crippen LogP contribution in [0.3, 0.4) is 0 Å². The monoisotopic (exact) mass is 209 g/mol. The van der Waals surface area contributed by atoms with Crippen LogP contribution in [0.25, 0.3) is 0 Å². The fraction of sp³-hybridized carbons (Fsp3) is 0.364. The summed E-state index contributed by atoms with van der Waals surface area (Å²) >= 11 is 1.74. The van der Waals surface area contributed by atoms with Crippen LogP contribution < -0.4 is 0 Å². The van der Waals surface area contributed by atoms with Crippen LogP contribution in [0.4, 0.5) is 0 Å². The molecule has 0 heterocycles. The zero-order valence-electron chi connectivity index (χ0n) is 8.53. The molecule has 0 spiro atoms. The summed E-state index contributed by atoms with van der Waals surface area (Å²) in [5.74, 6) is 0. The zero-order valence-corrected chi connectivity index (χ0v) is 9.34. The Labute approximate surface area is 89.0 Å². The molecule has 0 amide bonds. The van der Waals surface area contributed by atoms with E-state index in [9.17, 15) is 0 Å². The molecule has 1 N–H and O–H groups in total. The van der Waals surface area contributed by atoms with Gasteiger partial charge in [-0.1, -0.05) is 17.3 Å². The number of oxime groups is 1. The molecule has 1 aromatic carbocycles. The molecule has 0 aliphatic carbocycles. The van der Waals surface area contributed by atoms with Crippen molar-refractivity contribution in [2.24, 2.45) is 5.16 Å². The van der Waals surface area contributed by atoms with Gasteiger partial charge in [-0.05, 0) is 43.7 Å². The second-order valence-electron chi connectivity index (χ2n) is 3.18. The smallest absolute Gasteiger partial charge is 0.0543 e. The average Bonchev–Trinajstić information content (AvgIpc) is 2.26. The summed E-state index contributed by atoms with van der Waals surface area (Å²) < 4.78 is 0. The summed E-state index contributed by atoms with van der Waals surface area (Å²) in [4.78, 5) is 1.28. The Bertz CT molecular complexity index is 306. The minimum absolute atomic E-state index is 0.777. The van der Waals surface area contributed by atoms with Gasteiger partial charge >= 0.3 is 0 Å². The molecule has 0 atom stereocenters. The van der Waals surface area contributed by atoms with Crippen LogP contribution in [0.5, 0.6) is 0 Å². The topological polar surface area (TPSA) is 32.6 Å². The molecule has 0 fully saturated rings. The van der Waals surface area contributed by atoms with E-state index in [1.807, 2.05) is 6.92 Å². The van der Waals surface area contributed by atoms with Gasteiger partial charge in [0.05, 0.1) is 5.71 Å². The maximum atomic E-state index is 8.48. The van der Waals surface area contributed by atoms with Gasteiger partial charge in [-0.2, -0.15) is 0 Å². The Kier molecular flexibility index (Phi) is 4.53. The molecule has 0 saturated heterocycles. The van der Waals surface area contributed by atoms with Gasteiger partial charge < -0.3 is 5.21 Å². The van der Waals surface area contributed by atoms with E-state index in [1.54, 1.807) is 11.8 Å². The van der Waals surface area contributed by atoms with Gasteiger partial charge in [0.2, 0.25) is 0 Å². The number of hydrogen-bond acceptors (Lipinski definition) is 3. The highest BCUT2D eigenvalue weighted by Gasteiger charge is 1.96. The predicted molar refractivity (Wildman–Crippen MR) is 61.4 cm³/mol. The van der Waals surface area contributed by atoms with Crippen LogP contribution in [0, 0.1) is 0 Å². The Morgan fingerprint density at radius 2 is 2.00 bits per heavy atom. The van der Waals surface area contributed by atoms with Gasteiger partial charge in [0.1, 0.15) is 0 Å². The summed E-state index contributed by atoms with van der Waals surface area (Å²) in [6.45, 7) is 1.83. The molecule has 0 bridgehead atoms. The number of benzene rings is 1. The van der Waals surface area contributed by atoms with E-state index < -0.39 is 0 Å². The molecule has 76 valence electrons. The van der Waals surface area contributed by atoms with E-state index in [2.05, 4.69) is 35.7 Å². The number of nitrogens with zero attached hydrogens (tertiary/aromatic N) is 1. The van der Waals surface area contributed by atoms with Gasteiger partial charge in [-0.25, -0.2) is 0 Å². The summed E-state index contributed by atoms with van der Waals surface area (Å²) in [7, 11) is 0. The van der Waals surface area contributed by atoms with Gasteiger partial charge in [0.25, 0.3) is 0 Å². The molecular formula is C11H15NOS. The van der Waals surface area contributed by atoms with Crippen molar-refractivity contribution in [2.45, 2.75) is 24.7 Å². The predicted octanol–water partition coefficient (Wildman–Crippen LogP) is 3.19. The normalized spacial score (nSPS) is 11.7. The first-order valence-electron chi connectivity index (χ1n) is 4.56. The van der Waals surface area contributed by atoms with Gasteiger partial charge in [-0.3, -0.25) is 0 Å². The number of thioether (sulfide) groups is 1. The molecule has 1 rings (SSSR count). The highest BCUT2D eigenvalue weighted by atomic mass is 32.2. The van der Waals surface area contributed by atoms with Crippen LogP contribution in [0.2, 0.25) is 0 Å². The number of rotatable bonds is 4. The molecule has 2 nitrogen and oxygen atoms in total. The minimum Gasteiger partial charge on any atom is -0.411 e. The first-order valence-corrected chi connectivity index (χ1v) is 5.79. The van der Waals surface area contributed by atoms with Crippen LogP contribution in [-0.4, -0.2) is 17.2 Å². The molecular weight excluding hydrogens is 194 g/mol. The molecule has 0 saturated carbocycles. The lowest BCUT2D eigenvalue weighted by molar-refractivity contribution is 0.317. The second kappa shape index (κ2) is 5.70. The molecule has 0 aliphatic rings. The van der Waals surface area contributed by atoms with E-state index in [1.165, 1.54) is 10.5 Å². The van der Waals surface area contributed by atoms with Crippen LogP contribution in [0.15, 0.2) is 34.3 Å². The van der Waals surface area contributed by atoms with Crippen molar-refractivity contribution in [1.82, 2.24) is 0 Å². The fourth-order valence-electron chi connectivity index (χ4n) is 1.17. The lowest BCUT2D eigenvalue weighted by atomic mass is 10.1. The van der Waals surface area contributed by atoms with Crippen molar-refractivity contribution >= 4 is 17.5 Å². The SMILES string of the molecule is CSc1ccc(CC/C(C)=N/O)cc1. The lowest BCUT2D eigenvalue weighted by Crippen LogP contribution is -1.94. The number of aryl methyl sites for hydroxylation is 1. The maximum absolute atomic E-state index is 8.48. The molecule has 0 aliphatic heterocycles. The summed E-state index contributed by atoms with van der Waals surface area (Å²) in [5.41, 5.74) is 2.06. The van der Waals surface area contributed by atoms with Gasteiger partial charge in [-0.15, -0.1) is 11.8 Å². The molecule has 1 aromatic rings. The largest absolute Gasteiger partial charge is 0.411 e. The molecule has 0 aromatic heterocycles. The van der Waals surface area contributed by atoms with Crippen LogP contribution in [0.1, 0.15) is 18.9 Å². The quantitative estimate of drug-likeness (QED) is 0.357. The standard InChI is InChI=1S/C11H15NOS/c1-9(12-13)3-4-10-5-7-11(14-2)8-6-10/h5-8,13H,3-4H2,1-2H3/b12-9+. The van der Waals surface area contributed by atoms with Crippen LogP contribution >= 0.6 is 11.8 Å². The Morgan fingerprint density at radius 3 is 2.50 bits per heavy atom. The van der Waals surface area contributed by atoms with Gasteiger partial charge in [0.15, 0.2) is 0 Å². The highest BCUT2D eigenvalue weighted by Crippen LogP contribution is 2.15. The second-order valence-corrected chi connectivity index (χ2v) is 4.06. The molecule has 0 radical (unpaired) electrons. The summed E-state index contributed by atoms with van der Waals surface area (Å²) in [6.07, 6.45) is 3.82. The van der Waals surface area contributed by atoms with E-state index in [0.29, 0.717) is 0 Å². The molecule has 0 unspecified atom stereocenters. The Balaban J connectivity index is 2.52. The van der Waals surface area contributed by atoms with E-state index >= 15 is 0 Å². The number of hydrogen-bond donors (Lipinski definition) is 1. The van der Waals surface area contributed by atoms with Crippen molar-refractivity contribution in [3.63, 3.8) is 0 Å². The minimum atomic E-state index is 0.777. The third-order valence-corrected chi connectivity index (χ3v) is 2.85. The third kappa shape index (κ3) is 3.42. The summed E-state index contributed by atoms with van der Waals surface area (Å²) in [5, 5.41) is 11.6.